The van der Waals surface area contributed by atoms with Crippen molar-refractivity contribution in [3.8, 4) is 0 Å². The van der Waals surface area contributed by atoms with Gasteiger partial charge < -0.3 is 0 Å². The maximum Gasteiger partial charge on any atom is 0.196 e. The summed E-state index contributed by atoms with van der Waals surface area (Å²) in [5, 5.41) is 13.7. The zero-order valence-electron chi connectivity index (χ0n) is 5.74. The average molecular weight is 166 g/mol. The number of nitrogens with zero attached hydrogens (tertiary/aromatic N) is 3. The molecule has 0 saturated carbocycles. The lowest BCUT2D eigenvalue weighted by Crippen LogP contribution is -2.30. The number of hydrazone groups is 1. The Morgan fingerprint density at radius 2 is 2.55 bits per heavy atom. The molecule has 0 saturated heterocycles. The Kier molecular flexibility index (Phi) is 1.32. The summed E-state index contributed by atoms with van der Waals surface area (Å²) in [7, 11) is 0. The molecule has 0 aromatic rings. The molecule has 0 radical (unpaired) electrons. The minimum atomic E-state index is 0.446. The highest BCUT2D eigenvalue weighted by atomic mass is 32.2. The molecule has 0 fully saturated rings. The smallest absolute Gasteiger partial charge is 0.196 e. The van der Waals surface area contributed by atoms with Gasteiger partial charge in [-0.1, -0.05) is 6.58 Å². The minimum absolute atomic E-state index is 0.446. The third-order valence-corrected chi connectivity index (χ3v) is 2.06. The average Bonchev–Trinajstić information content (AvgIpc) is 2.34. The molecular weight excluding hydrogens is 160 g/mol. The normalized spacial score (nSPS) is 22.2. The summed E-state index contributed by atoms with van der Waals surface area (Å²) in [6, 6.07) is 0. The Labute approximate surface area is 68.2 Å². The van der Waals surface area contributed by atoms with Crippen molar-refractivity contribution in [1.29, 1.82) is 5.41 Å². The summed E-state index contributed by atoms with van der Waals surface area (Å²) in [6.07, 6.45) is 0.501. The van der Waals surface area contributed by atoms with Crippen LogP contribution in [-0.4, -0.2) is 21.6 Å². The lowest BCUT2D eigenvalue weighted by Gasteiger charge is -2.19. The lowest BCUT2D eigenvalue weighted by molar-refractivity contribution is 0.648. The van der Waals surface area contributed by atoms with E-state index < -0.39 is 0 Å². The SMILES string of the molecule is C=C1CC(=N)N2N=CSC2=N1. The maximum absolute atomic E-state index is 7.50. The molecule has 4 nitrogen and oxygen atoms in total. The van der Waals surface area contributed by atoms with Crippen molar-refractivity contribution in [1.82, 2.24) is 5.01 Å². The molecule has 2 rings (SSSR count). The molecule has 0 aromatic heterocycles. The van der Waals surface area contributed by atoms with Gasteiger partial charge in [0.15, 0.2) is 5.17 Å². The first-order chi connectivity index (χ1) is 5.27. The van der Waals surface area contributed by atoms with E-state index in [4.69, 9.17) is 5.41 Å². The van der Waals surface area contributed by atoms with Gasteiger partial charge in [-0.25, -0.2) is 4.99 Å². The molecule has 0 aliphatic carbocycles. The van der Waals surface area contributed by atoms with Gasteiger partial charge in [-0.05, 0) is 11.8 Å². The number of rotatable bonds is 0. The van der Waals surface area contributed by atoms with Crippen molar-refractivity contribution >= 4 is 28.3 Å². The van der Waals surface area contributed by atoms with Crippen LogP contribution in [0, 0.1) is 5.41 Å². The molecule has 0 spiro atoms. The number of fused-ring (bicyclic) bond motifs is 1. The van der Waals surface area contributed by atoms with E-state index in [0.717, 1.165) is 10.9 Å². The minimum Gasteiger partial charge on any atom is -0.286 e. The number of thioether (sulfide) groups is 1. The first-order valence-electron chi connectivity index (χ1n) is 3.10. The van der Waals surface area contributed by atoms with E-state index >= 15 is 0 Å². The van der Waals surface area contributed by atoms with Crippen LogP contribution in [0.25, 0.3) is 0 Å². The Balaban J connectivity index is 2.40. The van der Waals surface area contributed by atoms with E-state index in [1.54, 1.807) is 5.55 Å². The molecule has 56 valence electrons. The molecule has 2 heterocycles. The van der Waals surface area contributed by atoms with Crippen molar-refractivity contribution in [2.24, 2.45) is 10.1 Å². The van der Waals surface area contributed by atoms with Crippen molar-refractivity contribution in [3.05, 3.63) is 12.3 Å². The van der Waals surface area contributed by atoms with E-state index in [0.29, 0.717) is 12.3 Å². The van der Waals surface area contributed by atoms with Gasteiger partial charge in [0.25, 0.3) is 0 Å². The molecule has 5 heteroatoms. The Bertz CT molecular complexity index is 291. The third kappa shape index (κ3) is 0.970. The summed E-state index contributed by atoms with van der Waals surface area (Å²) in [5.74, 6) is 0.446. The number of aliphatic imine (C=N–C) groups is 1. The van der Waals surface area contributed by atoms with Crippen molar-refractivity contribution < 1.29 is 0 Å². The van der Waals surface area contributed by atoms with E-state index in [9.17, 15) is 0 Å². The fourth-order valence-electron chi connectivity index (χ4n) is 0.919. The molecule has 2 aliphatic heterocycles. The summed E-state index contributed by atoms with van der Waals surface area (Å²) in [6.45, 7) is 3.70. The van der Waals surface area contributed by atoms with E-state index in [2.05, 4.69) is 16.7 Å². The zero-order valence-corrected chi connectivity index (χ0v) is 6.56. The second-order valence-electron chi connectivity index (χ2n) is 2.23. The standard InChI is InChI=1S/C6H6N4S/c1-4-2-5(7)10-6(9-4)11-3-8-10/h3,7H,1-2H2. The largest absolute Gasteiger partial charge is 0.286 e. The number of nitrogens with one attached hydrogen (secondary N) is 1. The van der Waals surface area contributed by atoms with Gasteiger partial charge >= 0.3 is 0 Å². The van der Waals surface area contributed by atoms with E-state index in [1.165, 1.54) is 16.8 Å². The van der Waals surface area contributed by atoms with Crippen LogP contribution >= 0.6 is 11.8 Å². The van der Waals surface area contributed by atoms with Crippen molar-refractivity contribution in [3.63, 3.8) is 0 Å². The van der Waals surface area contributed by atoms with Crippen LogP contribution in [0.1, 0.15) is 6.42 Å². The van der Waals surface area contributed by atoms with Gasteiger partial charge in [0.1, 0.15) is 5.84 Å². The highest BCUT2D eigenvalue weighted by Gasteiger charge is 2.24. The van der Waals surface area contributed by atoms with Gasteiger partial charge in [-0.2, -0.15) is 10.1 Å². The fourth-order valence-corrected chi connectivity index (χ4v) is 1.59. The zero-order chi connectivity index (χ0) is 7.84. The summed E-state index contributed by atoms with van der Waals surface area (Å²) in [5.41, 5.74) is 2.41. The molecule has 0 amide bonds. The maximum atomic E-state index is 7.50. The van der Waals surface area contributed by atoms with Crippen LogP contribution in [0.4, 0.5) is 0 Å². The Morgan fingerprint density at radius 1 is 1.73 bits per heavy atom. The summed E-state index contributed by atoms with van der Waals surface area (Å²) >= 11 is 1.42. The van der Waals surface area contributed by atoms with Crippen LogP contribution in [0.2, 0.25) is 0 Å². The first kappa shape index (κ1) is 6.60. The van der Waals surface area contributed by atoms with Crippen molar-refractivity contribution in [2.45, 2.75) is 6.42 Å². The molecule has 0 aromatic carbocycles. The van der Waals surface area contributed by atoms with Crippen molar-refractivity contribution in [2.75, 3.05) is 0 Å². The number of hydrogen-bond donors (Lipinski definition) is 1. The first-order valence-corrected chi connectivity index (χ1v) is 3.98. The van der Waals surface area contributed by atoms with Gasteiger partial charge in [-0.15, -0.1) is 0 Å². The van der Waals surface area contributed by atoms with Gasteiger partial charge in [-0.3, -0.25) is 5.41 Å². The second kappa shape index (κ2) is 2.20. The van der Waals surface area contributed by atoms with Gasteiger partial charge in [0, 0.05) is 12.1 Å². The van der Waals surface area contributed by atoms with Crippen LogP contribution in [0.3, 0.4) is 0 Å². The molecular formula is C6H6N4S. The molecule has 11 heavy (non-hydrogen) atoms. The summed E-state index contributed by atoms with van der Waals surface area (Å²) in [4.78, 5) is 4.14. The lowest BCUT2D eigenvalue weighted by atomic mass is 10.3. The number of hydrogen-bond acceptors (Lipinski definition) is 4. The van der Waals surface area contributed by atoms with Gasteiger partial charge in [0.2, 0.25) is 0 Å². The quantitative estimate of drug-likeness (QED) is 0.588. The van der Waals surface area contributed by atoms with E-state index in [-0.39, 0.29) is 0 Å². The number of amidine groups is 2. The molecule has 0 bridgehead atoms. The van der Waals surface area contributed by atoms with Crippen LogP contribution in [0.5, 0.6) is 0 Å². The molecule has 1 N–H and O–H groups in total. The van der Waals surface area contributed by atoms with E-state index in [1.807, 2.05) is 0 Å². The topological polar surface area (TPSA) is 51.8 Å². The van der Waals surface area contributed by atoms with Crippen LogP contribution in [-0.2, 0) is 0 Å². The predicted molar refractivity (Wildman–Crippen MR) is 46.8 cm³/mol. The third-order valence-electron chi connectivity index (χ3n) is 1.38. The molecule has 2 aliphatic rings. The molecule has 0 unspecified atom stereocenters. The summed E-state index contributed by atoms with van der Waals surface area (Å²) < 4.78 is 0. The highest BCUT2D eigenvalue weighted by Crippen LogP contribution is 2.23. The second-order valence-corrected chi connectivity index (χ2v) is 3.05. The van der Waals surface area contributed by atoms with Gasteiger partial charge in [0.05, 0.1) is 5.55 Å². The fraction of sp³-hybridized carbons (Fsp3) is 0.167. The monoisotopic (exact) mass is 166 g/mol. The predicted octanol–water partition coefficient (Wildman–Crippen LogP) is 1.23. The highest BCUT2D eigenvalue weighted by molar-refractivity contribution is 8.25. The molecule has 0 atom stereocenters. The van der Waals surface area contributed by atoms with Crippen LogP contribution < -0.4 is 0 Å². The Morgan fingerprint density at radius 3 is 3.36 bits per heavy atom. The Hall–Kier alpha value is -1.10. The van der Waals surface area contributed by atoms with Crippen LogP contribution in [0.15, 0.2) is 22.4 Å².